The lowest BCUT2D eigenvalue weighted by Crippen LogP contribution is -2.00. The molecule has 5 nitrogen and oxygen atoms in total. The number of hydrogen-bond acceptors (Lipinski definition) is 4. The summed E-state index contributed by atoms with van der Waals surface area (Å²) in [7, 11) is -3.32. The highest BCUT2D eigenvalue weighted by Gasteiger charge is 2.19. The fourth-order valence-electron chi connectivity index (χ4n) is 3.09. The van der Waals surface area contributed by atoms with Gasteiger partial charge in [0.05, 0.1) is 21.9 Å². The molecule has 1 N–H and O–H groups in total. The highest BCUT2D eigenvalue weighted by Crippen LogP contribution is 2.37. The van der Waals surface area contributed by atoms with Crippen LogP contribution in [0.2, 0.25) is 0 Å². The van der Waals surface area contributed by atoms with Crippen molar-refractivity contribution in [2.45, 2.75) is 31.2 Å². The van der Waals surface area contributed by atoms with Crippen molar-refractivity contribution in [1.29, 1.82) is 0 Å². The van der Waals surface area contributed by atoms with Crippen LogP contribution in [0.3, 0.4) is 0 Å². The molecule has 8 heteroatoms. The van der Waals surface area contributed by atoms with Crippen LogP contribution < -0.4 is 0 Å². The molecule has 148 valence electrons. The molecule has 2 aromatic rings. The van der Waals surface area contributed by atoms with Crippen LogP contribution >= 0.6 is 11.8 Å². The maximum Gasteiger partial charge on any atom is 0.307 e. The summed E-state index contributed by atoms with van der Waals surface area (Å²) in [4.78, 5) is 12.4. The summed E-state index contributed by atoms with van der Waals surface area (Å²) >= 11 is 1.40. The van der Waals surface area contributed by atoms with Gasteiger partial charge in [-0.25, -0.2) is 12.8 Å². The van der Waals surface area contributed by atoms with Crippen LogP contribution in [0.1, 0.15) is 24.0 Å². The van der Waals surface area contributed by atoms with Crippen LogP contribution in [0.5, 0.6) is 0 Å². The second-order valence-corrected chi connectivity index (χ2v) is 9.73. The number of allylic oxidation sites excluding steroid dienone is 5. The number of aromatic nitrogens is 1. The van der Waals surface area contributed by atoms with Gasteiger partial charge < -0.3 is 9.51 Å². The average Bonchev–Trinajstić information content (AvgIpc) is 2.80. The van der Waals surface area contributed by atoms with E-state index in [-0.39, 0.29) is 11.3 Å². The maximum absolute atomic E-state index is 13.9. The number of sulfone groups is 1. The minimum atomic E-state index is -3.32. The summed E-state index contributed by atoms with van der Waals surface area (Å²) in [6, 6.07) is 2.90. The van der Waals surface area contributed by atoms with E-state index in [0.29, 0.717) is 23.9 Å². The lowest BCUT2D eigenvalue weighted by atomic mass is 10.1. The van der Waals surface area contributed by atoms with Crippen LogP contribution in [0.25, 0.3) is 5.52 Å². The standard InChI is InChI=1S/C20H20FNO4S2/c1-13-17(11-19(23)24)18-10-7-14(21)12-22(18)20(13)27-15-5-3-4-6-16(9-8-15)28(2,25)26/h4,6-10,12H,3,5,11H2,1-2H3,(H,23,24)/b6-4-,15-8+,16-9+. The Morgan fingerprint density at radius 1 is 1.32 bits per heavy atom. The topological polar surface area (TPSA) is 75.8 Å². The van der Waals surface area contributed by atoms with E-state index >= 15 is 0 Å². The Morgan fingerprint density at radius 3 is 2.75 bits per heavy atom. The number of nitrogens with zero attached hydrogens (tertiary/aromatic N) is 1. The first-order chi connectivity index (χ1) is 13.2. The third-order valence-electron chi connectivity index (χ3n) is 4.47. The van der Waals surface area contributed by atoms with Crippen molar-refractivity contribution in [3.63, 3.8) is 0 Å². The maximum atomic E-state index is 13.9. The number of fused-ring (bicyclic) bond motifs is 1. The number of carbonyl (C=O) groups is 1. The minimum absolute atomic E-state index is 0.151. The highest BCUT2D eigenvalue weighted by molar-refractivity contribution is 8.03. The molecule has 3 rings (SSSR count). The van der Waals surface area contributed by atoms with Gasteiger partial charge in [0, 0.05) is 12.5 Å². The quantitative estimate of drug-likeness (QED) is 0.780. The first-order valence-electron chi connectivity index (χ1n) is 8.63. The van der Waals surface area contributed by atoms with Gasteiger partial charge in [-0.1, -0.05) is 23.9 Å². The predicted octanol–water partition coefficient (Wildman–Crippen LogP) is 4.27. The van der Waals surface area contributed by atoms with E-state index in [0.717, 1.165) is 21.8 Å². The molecule has 1 aliphatic carbocycles. The fourth-order valence-corrected chi connectivity index (χ4v) is 4.87. The van der Waals surface area contributed by atoms with Gasteiger partial charge in [0.2, 0.25) is 0 Å². The number of aliphatic carboxylic acids is 1. The number of thioether (sulfide) groups is 1. The van der Waals surface area contributed by atoms with Crippen molar-refractivity contribution in [3.8, 4) is 0 Å². The molecule has 1 aliphatic rings. The van der Waals surface area contributed by atoms with Crippen molar-refractivity contribution in [2.75, 3.05) is 6.26 Å². The molecular weight excluding hydrogens is 401 g/mol. The summed E-state index contributed by atoms with van der Waals surface area (Å²) in [6.07, 6.45) is 10.5. The number of hydrogen-bond donors (Lipinski definition) is 1. The molecule has 0 saturated carbocycles. The molecule has 0 fully saturated rings. The van der Waals surface area contributed by atoms with Crippen LogP contribution in [0.15, 0.2) is 57.5 Å². The SMILES string of the molecule is Cc1c(CC(=O)O)c2ccc(F)cn2c1S/C1=C/C=C(S(C)(=O)=O)\C=C/CC1. The number of halogens is 1. The van der Waals surface area contributed by atoms with Gasteiger partial charge in [-0.05, 0) is 60.1 Å². The third-order valence-corrected chi connectivity index (χ3v) is 6.90. The second-order valence-electron chi connectivity index (χ2n) is 6.60. The lowest BCUT2D eigenvalue weighted by molar-refractivity contribution is -0.136. The molecular formula is C20H20FNO4S2. The second kappa shape index (κ2) is 7.97. The van der Waals surface area contributed by atoms with Crippen molar-refractivity contribution < 1.29 is 22.7 Å². The number of carboxylic acid groups (broad SMARTS) is 1. The van der Waals surface area contributed by atoms with Gasteiger partial charge in [0.25, 0.3) is 0 Å². The molecule has 0 amide bonds. The summed E-state index contributed by atoms with van der Waals surface area (Å²) in [6.45, 7) is 1.83. The van der Waals surface area contributed by atoms with E-state index in [4.69, 9.17) is 0 Å². The molecule has 0 aromatic carbocycles. The van der Waals surface area contributed by atoms with Gasteiger partial charge in [0.15, 0.2) is 9.84 Å². The number of rotatable bonds is 5. The van der Waals surface area contributed by atoms with Crippen LogP contribution in [0, 0.1) is 12.7 Å². The van der Waals surface area contributed by atoms with Gasteiger partial charge >= 0.3 is 5.97 Å². The lowest BCUT2D eigenvalue weighted by Gasteiger charge is -2.10. The number of carboxylic acids is 1. The molecule has 0 aliphatic heterocycles. The third kappa shape index (κ3) is 4.39. The Morgan fingerprint density at radius 2 is 2.07 bits per heavy atom. The zero-order valence-corrected chi connectivity index (χ0v) is 17.1. The Balaban J connectivity index is 2.08. The van der Waals surface area contributed by atoms with E-state index in [1.54, 1.807) is 28.7 Å². The van der Waals surface area contributed by atoms with Crippen molar-refractivity contribution in [2.24, 2.45) is 0 Å². The smallest absolute Gasteiger partial charge is 0.307 e. The van der Waals surface area contributed by atoms with Gasteiger partial charge in [-0.2, -0.15) is 0 Å². The fraction of sp³-hybridized carbons (Fsp3) is 0.250. The van der Waals surface area contributed by atoms with Crippen molar-refractivity contribution in [3.05, 3.63) is 69.4 Å². The van der Waals surface area contributed by atoms with E-state index in [2.05, 4.69) is 0 Å². The first-order valence-corrected chi connectivity index (χ1v) is 11.3. The number of pyridine rings is 1. The van der Waals surface area contributed by atoms with Gasteiger partial charge in [-0.15, -0.1) is 0 Å². The molecule has 0 spiro atoms. The summed E-state index contributed by atoms with van der Waals surface area (Å²) < 4.78 is 39.2. The monoisotopic (exact) mass is 421 g/mol. The van der Waals surface area contributed by atoms with Crippen LogP contribution in [0.4, 0.5) is 4.39 Å². The predicted molar refractivity (Wildman–Crippen MR) is 109 cm³/mol. The van der Waals surface area contributed by atoms with E-state index in [1.165, 1.54) is 24.0 Å². The summed E-state index contributed by atoms with van der Waals surface area (Å²) in [5.41, 5.74) is 2.08. The normalized spacial score (nSPS) is 20.0. The Kier molecular flexibility index (Phi) is 5.81. The molecule has 28 heavy (non-hydrogen) atoms. The van der Waals surface area contributed by atoms with Crippen LogP contribution in [-0.4, -0.2) is 30.2 Å². The summed E-state index contributed by atoms with van der Waals surface area (Å²) in [5, 5.41) is 9.97. The molecule has 0 atom stereocenters. The first kappa shape index (κ1) is 20.4. The minimum Gasteiger partial charge on any atom is -0.481 e. The van der Waals surface area contributed by atoms with Gasteiger partial charge in [0.1, 0.15) is 5.82 Å². The van der Waals surface area contributed by atoms with E-state index in [9.17, 15) is 22.7 Å². The van der Waals surface area contributed by atoms with Gasteiger partial charge in [-0.3, -0.25) is 4.79 Å². The molecule has 2 aromatic heterocycles. The highest BCUT2D eigenvalue weighted by atomic mass is 32.2. The molecule has 0 bridgehead atoms. The zero-order valence-electron chi connectivity index (χ0n) is 15.5. The summed E-state index contributed by atoms with van der Waals surface area (Å²) in [5.74, 6) is -1.37. The zero-order chi connectivity index (χ0) is 20.5. The van der Waals surface area contributed by atoms with Crippen LogP contribution in [-0.2, 0) is 21.1 Å². The van der Waals surface area contributed by atoms with E-state index < -0.39 is 21.6 Å². The van der Waals surface area contributed by atoms with Crippen molar-refractivity contribution in [1.82, 2.24) is 4.40 Å². The molecule has 0 radical (unpaired) electrons. The van der Waals surface area contributed by atoms with E-state index in [1.807, 2.05) is 13.0 Å². The molecule has 0 saturated heterocycles. The Hall–Kier alpha value is -2.32. The average molecular weight is 422 g/mol. The molecule has 0 unspecified atom stereocenters. The molecule has 2 heterocycles. The Bertz CT molecular complexity index is 1140. The largest absolute Gasteiger partial charge is 0.481 e. The Labute approximate surface area is 167 Å². The van der Waals surface area contributed by atoms with Crippen molar-refractivity contribution >= 4 is 33.1 Å².